The van der Waals surface area contributed by atoms with Crippen LogP contribution in [-0.4, -0.2) is 36.0 Å². The van der Waals surface area contributed by atoms with Crippen LogP contribution >= 0.6 is 0 Å². The summed E-state index contributed by atoms with van der Waals surface area (Å²) >= 11 is 0. The Kier molecular flexibility index (Phi) is 6.85. The fourth-order valence-electron chi connectivity index (χ4n) is 1.31. The molecular formula is C13H25NO3. The summed E-state index contributed by atoms with van der Waals surface area (Å²) in [5, 5.41) is 0. The van der Waals surface area contributed by atoms with Crippen LogP contribution in [0.3, 0.4) is 0 Å². The summed E-state index contributed by atoms with van der Waals surface area (Å²) in [4.78, 5) is 24.7. The van der Waals surface area contributed by atoms with E-state index in [9.17, 15) is 9.59 Å². The number of carbonyl (C=O) groups excluding carboxylic acids is 2. The maximum Gasteiger partial charge on any atom is 0.306 e. The number of unbranched alkanes of at least 4 members (excludes halogenated alkanes) is 1. The highest BCUT2D eigenvalue weighted by Crippen LogP contribution is 2.09. The van der Waals surface area contributed by atoms with Gasteiger partial charge in [-0.3, -0.25) is 9.59 Å². The molecule has 0 saturated carbocycles. The van der Waals surface area contributed by atoms with E-state index in [1.54, 1.807) is 11.9 Å². The molecule has 0 bridgehead atoms. The van der Waals surface area contributed by atoms with Gasteiger partial charge in [0.2, 0.25) is 5.91 Å². The molecule has 4 heteroatoms. The number of carbonyl (C=O) groups is 2. The van der Waals surface area contributed by atoms with Gasteiger partial charge < -0.3 is 9.64 Å². The van der Waals surface area contributed by atoms with Crippen molar-refractivity contribution in [2.45, 2.75) is 59.0 Å². The number of rotatable bonds is 6. The molecule has 0 heterocycles. The zero-order chi connectivity index (χ0) is 13.5. The third kappa shape index (κ3) is 8.72. The van der Waals surface area contributed by atoms with E-state index in [2.05, 4.69) is 6.92 Å². The van der Waals surface area contributed by atoms with Gasteiger partial charge in [0, 0.05) is 20.0 Å². The number of esters is 1. The van der Waals surface area contributed by atoms with E-state index in [1.165, 1.54) is 0 Å². The molecule has 0 fully saturated rings. The predicted octanol–water partition coefficient (Wildman–Crippen LogP) is 2.37. The second-order valence-corrected chi connectivity index (χ2v) is 5.26. The second kappa shape index (κ2) is 7.30. The highest BCUT2D eigenvalue weighted by molar-refractivity contribution is 5.81. The molecule has 0 aliphatic carbocycles. The van der Waals surface area contributed by atoms with E-state index in [0.29, 0.717) is 0 Å². The lowest BCUT2D eigenvalue weighted by atomic mass is 10.2. The van der Waals surface area contributed by atoms with E-state index in [-0.39, 0.29) is 24.7 Å². The van der Waals surface area contributed by atoms with Crippen LogP contribution in [0.4, 0.5) is 0 Å². The lowest BCUT2D eigenvalue weighted by Crippen LogP contribution is -2.29. The first-order valence-electron chi connectivity index (χ1n) is 6.22. The first kappa shape index (κ1) is 15.9. The van der Waals surface area contributed by atoms with Crippen LogP contribution in [0.25, 0.3) is 0 Å². The summed E-state index contributed by atoms with van der Waals surface area (Å²) in [6.45, 7) is 8.29. The van der Waals surface area contributed by atoms with Gasteiger partial charge in [-0.2, -0.15) is 0 Å². The van der Waals surface area contributed by atoms with E-state index in [4.69, 9.17) is 4.74 Å². The van der Waals surface area contributed by atoms with Crippen LogP contribution in [0.2, 0.25) is 0 Å². The molecule has 0 radical (unpaired) electrons. The van der Waals surface area contributed by atoms with Gasteiger partial charge in [0.15, 0.2) is 0 Å². The normalized spacial score (nSPS) is 11.1. The molecule has 0 rings (SSSR count). The maximum atomic E-state index is 11.6. The third-order valence-electron chi connectivity index (χ3n) is 2.24. The monoisotopic (exact) mass is 243 g/mol. The van der Waals surface area contributed by atoms with Gasteiger partial charge in [-0.05, 0) is 27.2 Å². The van der Waals surface area contributed by atoms with Gasteiger partial charge in [-0.25, -0.2) is 0 Å². The Morgan fingerprint density at radius 2 is 1.76 bits per heavy atom. The van der Waals surface area contributed by atoms with Crippen LogP contribution in [0, 0.1) is 0 Å². The third-order valence-corrected chi connectivity index (χ3v) is 2.24. The Morgan fingerprint density at radius 3 is 2.24 bits per heavy atom. The van der Waals surface area contributed by atoms with Crippen LogP contribution in [0.5, 0.6) is 0 Å². The van der Waals surface area contributed by atoms with Gasteiger partial charge in [0.25, 0.3) is 0 Å². The zero-order valence-corrected chi connectivity index (χ0v) is 11.7. The van der Waals surface area contributed by atoms with Crippen molar-refractivity contribution in [2.75, 3.05) is 13.6 Å². The summed E-state index contributed by atoms with van der Waals surface area (Å²) in [6.07, 6.45) is 2.44. The summed E-state index contributed by atoms with van der Waals surface area (Å²) in [5.41, 5.74) is -0.478. The molecule has 4 nitrogen and oxygen atoms in total. The molecule has 0 aromatic heterocycles. The molecule has 0 atom stereocenters. The first-order valence-corrected chi connectivity index (χ1v) is 6.22. The SMILES string of the molecule is CCCCN(C)C(=O)CCC(=O)OC(C)(C)C. The Hall–Kier alpha value is -1.06. The largest absolute Gasteiger partial charge is 0.460 e. The van der Waals surface area contributed by atoms with Crippen molar-refractivity contribution in [1.82, 2.24) is 4.90 Å². The molecule has 0 aliphatic rings. The molecule has 0 unspecified atom stereocenters. The number of hydrogen-bond acceptors (Lipinski definition) is 3. The zero-order valence-electron chi connectivity index (χ0n) is 11.7. The molecule has 100 valence electrons. The van der Waals surface area contributed by atoms with Gasteiger partial charge in [-0.1, -0.05) is 13.3 Å². The number of hydrogen-bond donors (Lipinski definition) is 0. The van der Waals surface area contributed by atoms with E-state index in [1.807, 2.05) is 20.8 Å². The Labute approximate surface area is 104 Å². The minimum absolute atomic E-state index is 0.00399. The summed E-state index contributed by atoms with van der Waals surface area (Å²) in [6, 6.07) is 0. The minimum Gasteiger partial charge on any atom is -0.460 e. The predicted molar refractivity (Wildman–Crippen MR) is 67.6 cm³/mol. The summed E-state index contributed by atoms with van der Waals surface area (Å²) in [5.74, 6) is -0.306. The average Bonchev–Trinajstić information content (AvgIpc) is 2.20. The van der Waals surface area contributed by atoms with Gasteiger partial charge in [0.05, 0.1) is 6.42 Å². The van der Waals surface area contributed by atoms with Crippen molar-refractivity contribution in [2.24, 2.45) is 0 Å². The van der Waals surface area contributed by atoms with Crippen molar-refractivity contribution < 1.29 is 14.3 Å². The number of amides is 1. The lowest BCUT2D eigenvalue weighted by molar-refractivity contribution is -0.156. The van der Waals surface area contributed by atoms with Crippen molar-refractivity contribution in [3.63, 3.8) is 0 Å². The van der Waals surface area contributed by atoms with Crippen molar-refractivity contribution in [1.29, 1.82) is 0 Å². The highest BCUT2D eigenvalue weighted by atomic mass is 16.6. The van der Waals surface area contributed by atoms with Crippen molar-refractivity contribution in [3.8, 4) is 0 Å². The standard InChI is InChI=1S/C13H25NO3/c1-6-7-10-14(5)11(15)8-9-12(16)17-13(2,3)4/h6-10H2,1-5H3. The quantitative estimate of drug-likeness (QED) is 0.673. The molecular weight excluding hydrogens is 218 g/mol. The minimum atomic E-state index is -0.478. The van der Waals surface area contributed by atoms with Crippen molar-refractivity contribution in [3.05, 3.63) is 0 Å². The van der Waals surface area contributed by atoms with Crippen LogP contribution in [-0.2, 0) is 14.3 Å². The first-order chi connectivity index (χ1) is 7.76. The second-order valence-electron chi connectivity index (χ2n) is 5.26. The molecule has 1 amide bonds. The van der Waals surface area contributed by atoms with E-state index < -0.39 is 5.60 Å². The Morgan fingerprint density at radius 1 is 1.18 bits per heavy atom. The smallest absolute Gasteiger partial charge is 0.306 e. The molecule has 0 spiro atoms. The maximum absolute atomic E-state index is 11.6. The highest BCUT2D eigenvalue weighted by Gasteiger charge is 2.17. The Balaban J connectivity index is 3.87. The molecule has 0 N–H and O–H groups in total. The van der Waals surface area contributed by atoms with Gasteiger partial charge >= 0.3 is 5.97 Å². The van der Waals surface area contributed by atoms with Gasteiger partial charge in [0.1, 0.15) is 5.60 Å². The number of nitrogens with zero attached hydrogens (tertiary/aromatic N) is 1. The molecule has 17 heavy (non-hydrogen) atoms. The van der Waals surface area contributed by atoms with E-state index >= 15 is 0 Å². The molecule has 0 saturated heterocycles. The van der Waals surface area contributed by atoms with Crippen LogP contribution in [0.15, 0.2) is 0 Å². The lowest BCUT2D eigenvalue weighted by Gasteiger charge is -2.20. The van der Waals surface area contributed by atoms with E-state index in [0.717, 1.165) is 19.4 Å². The summed E-state index contributed by atoms with van der Waals surface area (Å²) < 4.78 is 5.14. The fraction of sp³-hybridized carbons (Fsp3) is 0.846. The molecule has 0 aromatic carbocycles. The molecule has 0 aliphatic heterocycles. The van der Waals surface area contributed by atoms with Crippen LogP contribution in [0.1, 0.15) is 53.4 Å². The van der Waals surface area contributed by atoms with Crippen molar-refractivity contribution >= 4 is 11.9 Å². The average molecular weight is 243 g/mol. The van der Waals surface area contributed by atoms with Gasteiger partial charge in [-0.15, -0.1) is 0 Å². The molecule has 0 aromatic rings. The van der Waals surface area contributed by atoms with Crippen LogP contribution < -0.4 is 0 Å². The topological polar surface area (TPSA) is 46.6 Å². The number of ether oxygens (including phenoxy) is 1. The summed E-state index contributed by atoms with van der Waals surface area (Å²) in [7, 11) is 1.77. The fourth-order valence-corrected chi connectivity index (χ4v) is 1.31. The Bertz CT molecular complexity index is 256.